The van der Waals surface area contributed by atoms with Crippen molar-refractivity contribution in [3.63, 3.8) is 0 Å². The van der Waals surface area contributed by atoms with E-state index in [9.17, 15) is 13.2 Å². The summed E-state index contributed by atoms with van der Waals surface area (Å²) in [5, 5.41) is 2.25. The van der Waals surface area contributed by atoms with Crippen LogP contribution in [0.1, 0.15) is 38.5 Å². The standard InChI is InChI=1S/C22H29N3O3S3/c26-22(8-2-1-6-19-10-16-29-30-19)24-12-4-13-25(15-14-24)31(27,28)21-7-3-5-18-17-23-11-9-20(18)21/h3,5,7,9,11,17,19H,1-2,4,6,8,10,12-16H2. The number of hydrogen-bond donors (Lipinski definition) is 0. The first-order valence-electron chi connectivity index (χ1n) is 10.9. The molecule has 1 unspecified atom stereocenters. The summed E-state index contributed by atoms with van der Waals surface area (Å²) in [7, 11) is 0.318. The van der Waals surface area contributed by atoms with Crippen LogP contribution in [0.3, 0.4) is 0 Å². The SMILES string of the molecule is O=C(CCCCC1CCSS1)N1CCCN(S(=O)(=O)c2cccc3cnccc23)CC1. The zero-order valence-corrected chi connectivity index (χ0v) is 20.1. The highest BCUT2D eigenvalue weighted by atomic mass is 33.1. The number of pyridine rings is 1. The molecule has 3 heterocycles. The highest BCUT2D eigenvalue weighted by molar-refractivity contribution is 8.77. The summed E-state index contributed by atoms with van der Waals surface area (Å²) in [5.41, 5.74) is 0. The number of aromatic nitrogens is 1. The minimum atomic E-state index is -3.63. The van der Waals surface area contributed by atoms with Gasteiger partial charge in [0.05, 0.1) is 4.90 Å². The average Bonchev–Trinajstić information content (AvgIpc) is 3.17. The van der Waals surface area contributed by atoms with Gasteiger partial charge in [0.25, 0.3) is 0 Å². The molecular weight excluding hydrogens is 450 g/mol. The first kappa shape index (κ1) is 22.9. The largest absolute Gasteiger partial charge is 0.341 e. The topological polar surface area (TPSA) is 70.6 Å². The lowest BCUT2D eigenvalue weighted by molar-refractivity contribution is -0.131. The van der Waals surface area contributed by atoms with E-state index in [2.05, 4.69) is 4.98 Å². The monoisotopic (exact) mass is 479 g/mol. The molecule has 2 fully saturated rings. The quantitative estimate of drug-likeness (QED) is 0.438. The van der Waals surface area contributed by atoms with Gasteiger partial charge in [-0.25, -0.2) is 8.42 Å². The zero-order valence-electron chi connectivity index (χ0n) is 17.6. The number of carbonyl (C=O) groups excluding carboxylic acids is 1. The van der Waals surface area contributed by atoms with Gasteiger partial charge >= 0.3 is 0 Å². The first-order chi connectivity index (χ1) is 15.1. The molecule has 0 bridgehead atoms. The van der Waals surface area contributed by atoms with Crippen molar-refractivity contribution >= 4 is 48.3 Å². The Morgan fingerprint density at radius 1 is 1.13 bits per heavy atom. The fourth-order valence-electron chi connectivity index (χ4n) is 4.21. The summed E-state index contributed by atoms with van der Waals surface area (Å²) < 4.78 is 28.3. The van der Waals surface area contributed by atoms with Gasteiger partial charge in [0, 0.05) is 66.8 Å². The number of sulfonamides is 1. The molecule has 0 spiro atoms. The molecule has 2 saturated heterocycles. The van der Waals surface area contributed by atoms with E-state index in [1.165, 1.54) is 22.9 Å². The van der Waals surface area contributed by atoms with E-state index >= 15 is 0 Å². The van der Waals surface area contributed by atoms with Crippen molar-refractivity contribution in [3.8, 4) is 0 Å². The highest BCUT2D eigenvalue weighted by Crippen LogP contribution is 2.39. The Kier molecular flexibility index (Phi) is 7.79. The van der Waals surface area contributed by atoms with E-state index in [1.807, 2.05) is 32.6 Å². The highest BCUT2D eigenvalue weighted by Gasteiger charge is 2.29. The lowest BCUT2D eigenvalue weighted by atomic mass is 10.1. The van der Waals surface area contributed by atoms with Crippen LogP contribution < -0.4 is 0 Å². The van der Waals surface area contributed by atoms with Crippen LogP contribution in [0.2, 0.25) is 0 Å². The third kappa shape index (κ3) is 5.56. The minimum Gasteiger partial charge on any atom is -0.341 e. The molecular formula is C22H29N3O3S3. The second-order valence-electron chi connectivity index (χ2n) is 8.07. The molecule has 1 atom stereocenters. The molecule has 2 aliphatic heterocycles. The molecule has 1 aromatic heterocycles. The molecule has 1 amide bonds. The van der Waals surface area contributed by atoms with Gasteiger partial charge in [0.15, 0.2) is 0 Å². The summed E-state index contributed by atoms with van der Waals surface area (Å²) in [6.07, 6.45) is 9.01. The fourth-order valence-corrected chi connectivity index (χ4v) is 8.92. The van der Waals surface area contributed by atoms with Gasteiger partial charge in [0.1, 0.15) is 0 Å². The summed E-state index contributed by atoms with van der Waals surface area (Å²) >= 11 is 0. The molecule has 0 N–H and O–H groups in total. The number of fused-ring (bicyclic) bond motifs is 1. The second kappa shape index (κ2) is 10.6. The lowest BCUT2D eigenvalue weighted by Gasteiger charge is -2.22. The van der Waals surface area contributed by atoms with E-state index in [4.69, 9.17) is 0 Å². The molecule has 0 radical (unpaired) electrons. The Morgan fingerprint density at radius 2 is 2.03 bits per heavy atom. The molecule has 2 aliphatic rings. The van der Waals surface area contributed by atoms with Crippen molar-refractivity contribution in [3.05, 3.63) is 36.7 Å². The molecule has 0 aliphatic carbocycles. The molecule has 4 rings (SSSR count). The second-order valence-corrected chi connectivity index (χ2v) is 12.8. The number of nitrogens with zero attached hydrogens (tertiary/aromatic N) is 3. The van der Waals surface area contributed by atoms with Crippen molar-refractivity contribution < 1.29 is 13.2 Å². The van der Waals surface area contributed by atoms with E-state index in [0.29, 0.717) is 49.3 Å². The maximum absolute atomic E-state index is 13.4. The molecule has 168 valence electrons. The molecule has 0 saturated carbocycles. The smallest absolute Gasteiger partial charge is 0.243 e. The minimum absolute atomic E-state index is 0.156. The Balaban J connectivity index is 1.34. The fraction of sp³-hybridized carbons (Fsp3) is 0.545. The van der Waals surface area contributed by atoms with Gasteiger partial charge in [-0.2, -0.15) is 4.31 Å². The van der Waals surface area contributed by atoms with Crippen molar-refractivity contribution in [2.45, 2.75) is 48.7 Å². The Morgan fingerprint density at radius 3 is 2.87 bits per heavy atom. The summed E-state index contributed by atoms with van der Waals surface area (Å²) in [6, 6.07) is 7.03. The number of amides is 1. The third-order valence-electron chi connectivity index (χ3n) is 5.96. The molecule has 2 aromatic rings. The van der Waals surface area contributed by atoms with E-state index in [1.54, 1.807) is 30.6 Å². The lowest BCUT2D eigenvalue weighted by Crippen LogP contribution is -2.37. The summed E-state index contributed by atoms with van der Waals surface area (Å²) in [5.74, 6) is 1.40. The van der Waals surface area contributed by atoms with Crippen LogP contribution in [0.25, 0.3) is 10.8 Å². The Bertz CT molecular complexity index is 1000. The number of benzene rings is 1. The van der Waals surface area contributed by atoms with Crippen LogP contribution >= 0.6 is 21.6 Å². The predicted molar refractivity (Wildman–Crippen MR) is 129 cm³/mol. The molecule has 31 heavy (non-hydrogen) atoms. The van der Waals surface area contributed by atoms with Crippen molar-refractivity contribution in [1.29, 1.82) is 0 Å². The van der Waals surface area contributed by atoms with Gasteiger partial charge in [-0.15, -0.1) is 0 Å². The number of rotatable bonds is 7. The third-order valence-corrected chi connectivity index (χ3v) is 10.9. The Labute approximate surface area is 192 Å². The van der Waals surface area contributed by atoms with Crippen LogP contribution in [-0.4, -0.2) is 65.7 Å². The van der Waals surface area contributed by atoms with Crippen LogP contribution in [0, 0.1) is 0 Å². The summed E-state index contributed by atoms with van der Waals surface area (Å²) in [6.45, 7) is 1.86. The molecule has 1 aromatic carbocycles. The van der Waals surface area contributed by atoms with Gasteiger partial charge in [-0.1, -0.05) is 40.1 Å². The van der Waals surface area contributed by atoms with Crippen LogP contribution in [0.5, 0.6) is 0 Å². The van der Waals surface area contributed by atoms with Crippen LogP contribution in [-0.2, 0) is 14.8 Å². The number of hydrogen-bond acceptors (Lipinski definition) is 6. The van der Waals surface area contributed by atoms with Crippen molar-refractivity contribution in [2.75, 3.05) is 31.9 Å². The maximum Gasteiger partial charge on any atom is 0.243 e. The molecule has 6 nitrogen and oxygen atoms in total. The van der Waals surface area contributed by atoms with Crippen LogP contribution in [0.15, 0.2) is 41.6 Å². The normalized spacial score (nSPS) is 20.8. The first-order valence-corrected chi connectivity index (χ1v) is 14.8. The van der Waals surface area contributed by atoms with Gasteiger partial charge in [-0.3, -0.25) is 9.78 Å². The van der Waals surface area contributed by atoms with Gasteiger partial charge < -0.3 is 4.90 Å². The van der Waals surface area contributed by atoms with Crippen LogP contribution in [0.4, 0.5) is 0 Å². The van der Waals surface area contributed by atoms with Crippen molar-refractivity contribution in [1.82, 2.24) is 14.2 Å². The maximum atomic E-state index is 13.4. The molecule has 9 heteroatoms. The van der Waals surface area contributed by atoms with Gasteiger partial charge in [-0.05, 0) is 37.8 Å². The van der Waals surface area contributed by atoms with E-state index in [-0.39, 0.29) is 5.91 Å². The van der Waals surface area contributed by atoms with Crippen molar-refractivity contribution in [2.24, 2.45) is 0 Å². The summed E-state index contributed by atoms with van der Waals surface area (Å²) in [4.78, 5) is 18.9. The average molecular weight is 480 g/mol. The predicted octanol–water partition coefficient (Wildman–Crippen LogP) is 4.17. The number of carbonyl (C=O) groups is 1. The zero-order chi connectivity index (χ0) is 21.7. The van der Waals surface area contributed by atoms with E-state index < -0.39 is 10.0 Å². The van der Waals surface area contributed by atoms with E-state index in [0.717, 1.165) is 23.5 Å². The number of unbranched alkanes of at least 4 members (excludes halogenated alkanes) is 1. The van der Waals surface area contributed by atoms with Gasteiger partial charge in [0.2, 0.25) is 15.9 Å². The Hall–Kier alpha value is -1.29.